The van der Waals surface area contributed by atoms with Crippen molar-refractivity contribution in [2.75, 3.05) is 39.3 Å². The number of piperidine rings is 1. The Morgan fingerprint density at radius 3 is 2.40 bits per heavy atom. The normalized spacial score (nSPS) is 21.2. The molecule has 10 heteroatoms. The lowest BCUT2D eigenvalue weighted by Crippen LogP contribution is -2.45. The fraction of sp³-hybridized carbons (Fsp3) is 0.568. The van der Waals surface area contributed by atoms with Crippen LogP contribution in [0.3, 0.4) is 0 Å². The highest BCUT2D eigenvalue weighted by Crippen LogP contribution is 2.38. The first-order valence-corrected chi connectivity index (χ1v) is 17.0. The fourth-order valence-corrected chi connectivity index (χ4v) is 7.55. The van der Waals surface area contributed by atoms with Crippen molar-refractivity contribution in [3.8, 4) is 5.75 Å². The highest BCUT2D eigenvalue weighted by Gasteiger charge is 2.42. The Hall–Kier alpha value is -3.37. The first-order valence-electron chi connectivity index (χ1n) is 17.0. The number of aryl methyl sites for hydroxylation is 2. The third kappa shape index (κ3) is 8.96. The van der Waals surface area contributed by atoms with Crippen LogP contribution in [0.15, 0.2) is 54.6 Å². The second kappa shape index (κ2) is 15.2. The summed E-state index contributed by atoms with van der Waals surface area (Å²) in [6.07, 6.45) is -0.855. The molecular weight excluding hydrogens is 605 g/mol. The number of aliphatic carboxylic acids is 1. The average molecular weight is 655 g/mol. The Morgan fingerprint density at radius 1 is 1.06 bits per heavy atom. The molecule has 3 aromatic rings. The van der Waals surface area contributed by atoms with Gasteiger partial charge >= 0.3 is 12.1 Å². The maximum absolute atomic E-state index is 12.5. The molecule has 0 saturated carbocycles. The molecular formula is C37H49F3N4O3. The van der Waals surface area contributed by atoms with Gasteiger partial charge in [-0.05, 0) is 80.9 Å². The summed E-state index contributed by atoms with van der Waals surface area (Å²) in [4.78, 5) is 17.2. The molecule has 3 heterocycles. The highest BCUT2D eigenvalue weighted by molar-refractivity contribution is 5.74. The number of hydrogen-bond donors (Lipinski definition) is 1. The molecule has 4 atom stereocenters. The maximum atomic E-state index is 12.5. The largest absolute Gasteiger partial charge is 0.484 e. The molecule has 0 spiro atoms. The summed E-state index contributed by atoms with van der Waals surface area (Å²) in [5.74, 6) is 0.628. The second-order valence-electron chi connectivity index (χ2n) is 13.6. The zero-order valence-corrected chi connectivity index (χ0v) is 28.0. The molecule has 0 amide bonds. The monoisotopic (exact) mass is 654 g/mol. The molecule has 2 saturated heterocycles. The molecule has 256 valence electrons. The summed E-state index contributed by atoms with van der Waals surface area (Å²) in [6, 6.07) is 17.2. The SMILES string of the molecule is CC[C@@H](C)[C@H](C(=O)O)N1C[C@H](CN2CCC(c3cc(Cc4ccc(OCC(F)(F)F)cc4)nn3CC)CC2)[C@@H](c2cccc(C)c2)C1. The number of benzene rings is 2. The molecule has 0 aliphatic carbocycles. The van der Waals surface area contributed by atoms with Gasteiger partial charge in [-0.3, -0.25) is 14.4 Å². The van der Waals surface area contributed by atoms with Crippen LogP contribution < -0.4 is 4.74 Å². The van der Waals surface area contributed by atoms with Gasteiger partial charge in [-0.2, -0.15) is 18.3 Å². The van der Waals surface area contributed by atoms with Crippen molar-refractivity contribution in [2.45, 2.75) is 84.0 Å². The van der Waals surface area contributed by atoms with Crippen LogP contribution in [-0.4, -0.2) is 82.2 Å². The van der Waals surface area contributed by atoms with Gasteiger partial charge in [0, 0.05) is 50.1 Å². The number of carbonyl (C=O) groups is 1. The Morgan fingerprint density at radius 2 is 1.79 bits per heavy atom. The van der Waals surface area contributed by atoms with E-state index in [2.05, 4.69) is 72.5 Å². The lowest BCUT2D eigenvalue weighted by molar-refractivity contribution is -0.153. The number of alkyl halides is 3. The van der Waals surface area contributed by atoms with Crippen molar-refractivity contribution >= 4 is 5.97 Å². The molecule has 2 aliphatic rings. The van der Waals surface area contributed by atoms with Crippen LogP contribution in [0.4, 0.5) is 13.2 Å². The first-order chi connectivity index (χ1) is 22.4. The van der Waals surface area contributed by atoms with Gasteiger partial charge in [0.1, 0.15) is 11.8 Å². The number of carboxylic acids is 1. The van der Waals surface area contributed by atoms with Crippen LogP contribution in [0.5, 0.6) is 5.75 Å². The second-order valence-corrected chi connectivity index (χ2v) is 13.6. The Labute approximate surface area is 276 Å². The number of likely N-dealkylation sites (tertiary alicyclic amines) is 2. The van der Waals surface area contributed by atoms with Crippen LogP contribution in [-0.2, 0) is 17.8 Å². The van der Waals surface area contributed by atoms with Crippen LogP contribution in [0.2, 0.25) is 0 Å². The molecule has 2 aliphatic heterocycles. The molecule has 1 N–H and O–H groups in total. The zero-order valence-electron chi connectivity index (χ0n) is 28.0. The van der Waals surface area contributed by atoms with E-state index in [-0.39, 0.29) is 11.7 Å². The van der Waals surface area contributed by atoms with Gasteiger partial charge in [0.2, 0.25) is 0 Å². The minimum absolute atomic E-state index is 0.0881. The molecule has 1 aromatic heterocycles. The van der Waals surface area contributed by atoms with E-state index in [1.807, 2.05) is 0 Å². The summed E-state index contributed by atoms with van der Waals surface area (Å²) in [6.45, 7) is 12.3. The minimum Gasteiger partial charge on any atom is -0.484 e. The number of rotatable bonds is 13. The third-order valence-corrected chi connectivity index (χ3v) is 10.1. The first kappa shape index (κ1) is 35.0. The molecule has 0 radical (unpaired) electrons. The number of carboxylic acid groups (broad SMARTS) is 1. The molecule has 2 aromatic carbocycles. The standard InChI is InChI=1S/C37H49F3N4O3/c1-5-26(4)35(36(45)46)43-22-30(33(23-43)29-9-7-8-25(3)18-29)21-42-16-14-28(15-17-42)34-20-31(41-44(34)6-2)19-27-10-12-32(13-11-27)47-24-37(38,39)40/h7-13,18,20,26,28,30,33,35H,5-6,14-17,19,21-24H2,1-4H3,(H,45,46)/t26-,30+,33-,35-/m1/s1. The summed E-state index contributed by atoms with van der Waals surface area (Å²) >= 11 is 0. The maximum Gasteiger partial charge on any atom is 0.422 e. The van der Waals surface area contributed by atoms with Crippen molar-refractivity contribution in [2.24, 2.45) is 11.8 Å². The molecule has 47 heavy (non-hydrogen) atoms. The fourth-order valence-electron chi connectivity index (χ4n) is 7.55. The summed E-state index contributed by atoms with van der Waals surface area (Å²) in [7, 11) is 0. The van der Waals surface area contributed by atoms with Gasteiger partial charge in [0.15, 0.2) is 6.61 Å². The molecule has 5 rings (SSSR count). The molecule has 2 fully saturated rings. The Bertz CT molecular complexity index is 1470. The highest BCUT2D eigenvalue weighted by atomic mass is 19.4. The van der Waals surface area contributed by atoms with Crippen molar-refractivity contribution in [1.29, 1.82) is 0 Å². The number of hydrogen-bond acceptors (Lipinski definition) is 5. The van der Waals surface area contributed by atoms with Crippen LogP contribution in [0, 0.1) is 18.8 Å². The van der Waals surface area contributed by atoms with Crippen molar-refractivity contribution in [3.05, 3.63) is 82.7 Å². The van der Waals surface area contributed by atoms with Gasteiger partial charge in [0.05, 0.1) is 5.69 Å². The van der Waals surface area contributed by atoms with Crippen molar-refractivity contribution in [1.82, 2.24) is 19.6 Å². The van der Waals surface area contributed by atoms with E-state index in [4.69, 9.17) is 9.84 Å². The summed E-state index contributed by atoms with van der Waals surface area (Å²) in [5, 5.41) is 15.0. The van der Waals surface area contributed by atoms with Crippen LogP contribution >= 0.6 is 0 Å². The van der Waals surface area contributed by atoms with Crippen molar-refractivity contribution in [3.63, 3.8) is 0 Å². The van der Waals surface area contributed by atoms with E-state index in [1.165, 1.54) is 16.8 Å². The van der Waals surface area contributed by atoms with E-state index in [1.54, 1.807) is 24.3 Å². The topological polar surface area (TPSA) is 70.8 Å². The average Bonchev–Trinajstić information content (AvgIpc) is 3.64. The predicted octanol–water partition coefficient (Wildman–Crippen LogP) is 7.14. The van der Waals surface area contributed by atoms with E-state index >= 15 is 0 Å². The summed E-state index contributed by atoms with van der Waals surface area (Å²) < 4.78 is 44.4. The minimum atomic E-state index is -4.36. The van der Waals surface area contributed by atoms with Crippen molar-refractivity contribution < 1.29 is 27.8 Å². The van der Waals surface area contributed by atoms with E-state index in [0.29, 0.717) is 24.2 Å². The number of halogens is 3. The van der Waals surface area contributed by atoms with Gasteiger partial charge in [-0.1, -0.05) is 62.2 Å². The van der Waals surface area contributed by atoms with Crippen LogP contribution in [0.1, 0.15) is 79.9 Å². The third-order valence-electron chi connectivity index (χ3n) is 10.1. The number of aromatic nitrogens is 2. The van der Waals surface area contributed by atoms with E-state index in [9.17, 15) is 23.1 Å². The van der Waals surface area contributed by atoms with E-state index < -0.39 is 24.8 Å². The van der Waals surface area contributed by atoms with Gasteiger partial charge in [-0.25, -0.2) is 0 Å². The number of nitrogens with zero attached hydrogens (tertiary/aromatic N) is 4. The number of ether oxygens (including phenoxy) is 1. The quantitative estimate of drug-likeness (QED) is 0.211. The Kier molecular flexibility index (Phi) is 11.3. The van der Waals surface area contributed by atoms with Gasteiger partial charge in [-0.15, -0.1) is 0 Å². The molecule has 0 unspecified atom stereocenters. The molecule has 0 bridgehead atoms. The lowest BCUT2D eigenvalue weighted by atomic mass is 9.86. The van der Waals surface area contributed by atoms with Gasteiger partial charge < -0.3 is 14.7 Å². The lowest BCUT2D eigenvalue weighted by Gasteiger charge is -2.35. The smallest absolute Gasteiger partial charge is 0.422 e. The predicted molar refractivity (Wildman–Crippen MR) is 177 cm³/mol. The Balaban J connectivity index is 1.22. The van der Waals surface area contributed by atoms with Crippen LogP contribution in [0.25, 0.3) is 0 Å². The van der Waals surface area contributed by atoms with E-state index in [0.717, 1.165) is 69.8 Å². The summed E-state index contributed by atoms with van der Waals surface area (Å²) in [5.41, 5.74) is 5.71. The zero-order chi connectivity index (χ0) is 33.7. The molecule has 7 nitrogen and oxygen atoms in total. The van der Waals surface area contributed by atoms with Gasteiger partial charge in [0.25, 0.3) is 0 Å².